The minimum Gasteiger partial charge on any atom is -0.481 e. The zero-order chi connectivity index (χ0) is 14.4. The van der Waals surface area contributed by atoms with Gasteiger partial charge >= 0.3 is 12.0 Å². The third kappa shape index (κ3) is 4.52. The van der Waals surface area contributed by atoms with E-state index in [0.717, 1.165) is 19.3 Å². The maximum atomic E-state index is 11.7. The third-order valence-corrected chi connectivity index (χ3v) is 4.37. The molecule has 0 aliphatic heterocycles. The van der Waals surface area contributed by atoms with E-state index in [1.165, 1.54) is 5.56 Å². The summed E-state index contributed by atoms with van der Waals surface area (Å²) in [6, 6.07) is 1.82. The molecule has 110 valence electrons. The van der Waals surface area contributed by atoms with Crippen molar-refractivity contribution in [1.82, 2.24) is 10.6 Å². The number of carbonyl (C=O) groups is 2. The highest BCUT2D eigenvalue weighted by Gasteiger charge is 2.27. The number of carboxylic acid groups (broad SMARTS) is 1. The topological polar surface area (TPSA) is 78.4 Å². The molecule has 0 aromatic carbocycles. The van der Waals surface area contributed by atoms with Crippen LogP contribution in [-0.2, 0) is 11.2 Å². The fraction of sp³-hybridized carbons (Fsp3) is 0.571. The summed E-state index contributed by atoms with van der Waals surface area (Å²) in [4.78, 5) is 22.7. The Hall–Kier alpha value is -1.56. The van der Waals surface area contributed by atoms with E-state index in [2.05, 4.69) is 16.0 Å². The summed E-state index contributed by atoms with van der Waals surface area (Å²) < 4.78 is 0. The molecule has 2 atom stereocenters. The van der Waals surface area contributed by atoms with Gasteiger partial charge in [0.25, 0.3) is 0 Å². The van der Waals surface area contributed by atoms with Crippen molar-refractivity contribution in [3.8, 4) is 0 Å². The molecule has 1 aliphatic rings. The molecule has 1 fully saturated rings. The lowest BCUT2D eigenvalue weighted by atomic mass is 9.86. The van der Waals surface area contributed by atoms with Gasteiger partial charge in [0, 0.05) is 12.6 Å². The maximum absolute atomic E-state index is 11.7. The summed E-state index contributed by atoms with van der Waals surface area (Å²) in [5.41, 5.74) is 1.22. The number of carboxylic acids is 1. The van der Waals surface area contributed by atoms with Crippen LogP contribution in [0.5, 0.6) is 0 Å². The highest BCUT2D eigenvalue weighted by Crippen LogP contribution is 2.24. The van der Waals surface area contributed by atoms with Crippen LogP contribution in [0.25, 0.3) is 0 Å². The number of aliphatic carboxylic acids is 1. The van der Waals surface area contributed by atoms with Crippen molar-refractivity contribution in [2.45, 2.75) is 38.1 Å². The molecule has 0 bridgehead atoms. The fourth-order valence-corrected chi connectivity index (χ4v) is 3.24. The number of nitrogens with one attached hydrogen (secondary N) is 2. The first kappa shape index (κ1) is 14.8. The molecule has 20 heavy (non-hydrogen) atoms. The number of thiophene rings is 1. The van der Waals surface area contributed by atoms with Gasteiger partial charge in [0.05, 0.1) is 5.92 Å². The molecule has 2 unspecified atom stereocenters. The first-order chi connectivity index (χ1) is 9.65. The predicted octanol–water partition coefficient (Wildman–Crippen LogP) is 2.23. The molecule has 2 amide bonds. The summed E-state index contributed by atoms with van der Waals surface area (Å²) in [5, 5.41) is 18.8. The van der Waals surface area contributed by atoms with Crippen molar-refractivity contribution in [1.29, 1.82) is 0 Å². The molecule has 1 aliphatic carbocycles. The van der Waals surface area contributed by atoms with Gasteiger partial charge in [-0.25, -0.2) is 4.79 Å². The summed E-state index contributed by atoms with van der Waals surface area (Å²) in [6.07, 6.45) is 3.79. The quantitative estimate of drug-likeness (QED) is 0.779. The van der Waals surface area contributed by atoms with E-state index >= 15 is 0 Å². The van der Waals surface area contributed by atoms with Gasteiger partial charge in [0.15, 0.2) is 0 Å². The van der Waals surface area contributed by atoms with Crippen molar-refractivity contribution in [2.24, 2.45) is 5.92 Å². The number of amides is 2. The Kier molecular flexibility index (Phi) is 5.40. The number of rotatable bonds is 5. The number of carbonyl (C=O) groups excluding carboxylic acids is 1. The second-order valence-electron chi connectivity index (χ2n) is 5.18. The Balaban J connectivity index is 1.67. The Morgan fingerprint density at radius 1 is 1.40 bits per heavy atom. The van der Waals surface area contributed by atoms with Gasteiger partial charge in [0.2, 0.25) is 0 Å². The van der Waals surface area contributed by atoms with Crippen molar-refractivity contribution in [3.63, 3.8) is 0 Å². The molecule has 0 saturated heterocycles. The molecule has 3 N–H and O–H groups in total. The van der Waals surface area contributed by atoms with Crippen molar-refractivity contribution in [3.05, 3.63) is 22.4 Å². The van der Waals surface area contributed by atoms with Crippen LogP contribution in [0.4, 0.5) is 4.79 Å². The second kappa shape index (κ2) is 7.28. The van der Waals surface area contributed by atoms with Gasteiger partial charge in [-0.1, -0.05) is 6.42 Å². The van der Waals surface area contributed by atoms with Crippen LogP contribution in [0.3, 0.4) is 0 Å². The van der Waals surface area contributed by atoms with Crippen LogP contribution < -0.4 is 10.6 Å². The Bertz CT molecular complexity index is 447. The summed E-state index contributed by atoms with van der Waals surface area (Å²) in [6.45, 7) is 0.595. The summed E-state index contributed by atoms with van der Waals surface area (Å²) >= 11 is 1.65. The standard InChI is InChI=1S/C14H20N2O3S/c17-13(18)11-2-1-3-12(8-11)16-14(19)15-6-4-10-5-7-20-9-10/h5,7,9,11-12H,1-4,6,8H2,(H,17,18)(H2,15,16,19). The monoisotopic (exact) mass is 296 g/mol. The molecule has 0 radical (unpaired) electrons. The minimum atomic E-state index is -0.755. The second-order valence-corrected chi connectivity index (χ2v) is 5.96. The van der Waals surface area contributed by atoms with E-state index < -0.39 is 5.97 Å². The third-order valence-electron chi connectivity index (χ3n) is 3.64. The van der Waals surface area contributed by atoms with Crippen molar-refractivity contribution in [2.75, 3.05) is 6.54 Å². The van der Waals surface area contributed by atoms with E-state index in [0.29, 0.717) is 19.4 Å². The lowest BCUT2D eigenvalue weighted by Crippen LogP contribution is -2.45. The molecule has 1 aromatic rings. The van der Waals surface area contributed by atoms with Gasteiger partial charge in [-0.05, 0) is 48.1 Å². The summed E-state index contributed by atoms with van der Waals surface area (Å²) in [7, 11) is 0. The predicted molar refractivity (Wildman–Crippen MR) is 77.9 cm³/mol. The maximum Gasteiger partial charge on any atom is 0.315 e. The van der Waals surface area contributed by atoms with Crippen LogP contribution in [0.1, 0.15) is 31.2 Å². The lowest BCUT2D eigenvalue weighted by Gasteiger charge is -2.27. The largest absolute Gasteiger partial charge is 0.481 e. The highest BCUT2D eigenvalue weighted by atomic mass is 32.1. The Labute approximate surface area is 122 Å². The minimum absolute atomic E-state index is 0.0222. The van der Waals surface area contributed by atoms with E-state index in [4.69, 9.17) is 5.11 Å². The average molecular weight is 296 g/mol. The van der Waals surface area contributed by atoms with Crippen molar-refractivity contribution < 1.29 is 14.7 Å². The fourth-order valence-electron chi connectivity index (χ4n) is 2.54. The zero-order valence-corrected chi connectivity index (χ0v) is 12.1. The van der Waals surface area contributed by atoms with Crippen LogP contribution in [0.15, 0.2) is 16.8 Å². The van der Waals surface area contributed by atoms with Crippen molar-refractivity contribution >= 4 is 23.3 Å². The van der Waals surface area contributed by atoms with E-state index in [1.807, 2.05) is 11.4 Å². The Morgan fingerprint density at radius 3 is 2.95 bits per heavy atom. The van der Waals surface area contributed by atoms with Gasteiger partial charge in [0.1, 0.15) is 0 Å². The molecule has 5 nitrogen and oxygen atoms in total. The normalized spacial score (nSPS) is 22.2. The zero-order valence-electron chi connectivity index (χ0n) is 11.3. The van der Waals surface area contributed by atoms with Gasteiger partial charge in [-0.2, -0.15) is 11.3 Å². The highest BCUT2D eigenvalue weighted by molar-refractivity contribution is 7.07. The number of hydrogen-bond acceptors (Lipinski definition) is 3. The first-order valence-corrected chi connectivity index (χ1v) is 7.87. The molecule has 1 aromatic heterocycles. The van der Waals surface area contributed by atoms with E-state index in [-0.39, 0.29) is 18.0 Å². The summed E-state index contributed by atoms with van der Waals surface area (Å²) in [5.74, 6) is -1.07. The van der Waals surface area contributed by atoms with E-state index in [9.17, 15) is 9.59 Å². The number of hydrogen-bond donors (Lipinski definition) is 3. The molecule has 1 heterocycles. The first-order valence-electron chi connectivity index (χ1n) is 6.93. The van der Waals surface area contributed by atoms with E-state index in [1.54, 1.807) is 11.3 Å². The molecular weight excluding hydrogens is 276 g/mol. The number of urea groups is 1. The van der Waals surface area contributed by atoms with Crippen LogP contribution in [0.2, 0.25) is 0 Å². The molecule has 6 heteroatoms. The van der Waals surface area contributed by atoms with Gasteiger partial charge in [-0.3, -0.25) is 4.79 Å². The van der Waals surface area contributed by atoms with Crippen LogP contribution in [0, 0.1) is 5.92 Å². The Morgan fingerprint density at radius 2 is 2.25 bits per heavy atom. The lowest BCUT2D eigenvalue weighted by molar-refractivity contribution is -0.143. The smallest absolute Gasteiger partial charge is 0.315 e. The molecule has 2 rings (SSSR count). The molecule has 1 saturated carbocycles. The van der Waals surface area contributed by atoms with Gasteiger partial charge < -0.3 is 15.7 Å². The molecule has 0 spiro atoms. The SMILES string of the molecule is O=C(NCCc1ccsc1)NC1CCCC(C(=O)O)C1. The van der Waals surface area contributed by atoms with Crippen LogP contribution in [-0.4, -0.2) is 29.7 Å². The average Bonchev–Trinajstić information content (AvgIpc) is 2.92. The van der Waals surface area contributed by atoms with Gasteiger partial charge in [-0.15, -0.1) is 0 Å². The molecular formula is C14H20N2O3S. The van der Waals surface area contributed by atoms with Crippen LogP contribution >= 0.6 is 11.3 Å².